The molecule has 6 nitrogen and oxygen atoms in total. The van der Waals surface area contributed by atoms with Crippen molar-refractivity contribution >= 4 is 37.6 Å². The first kappa shape index (κ1) is 16.4. The lowest BCUT2D eigenvalue weighted by Gasteiger charge is -2.24. The number of benzene rings is 1. The largest absolute Gasteiger partial charge is 0.291 e. The first-order chi connectivity index (χ1) is 9.51. The molecule has 0 atom stereocenters. The Morgan fingerprint density at radius 2 is 1.90 bits per heavy atom. The third-order valence-electron chi connectivity index (χ3n) is 2.73. The third kappa shape index (κ3) is 3.28. The molecule has 9 heteroatoms. The number of sulfonamides is 1. The van der Waals surface area contributed by atoms with Crippen molar-refractivity contribution in [2.24, 2.45) is 5.14 Å². The Kier molecular flexibility index (Phi) is 4.18. The molecule has 0 spiro atoms. The van der Waals surface area contributed by atoms with E-state index in [9.17, 15) is 8.42 Å². The fourth-order valence-corrected chi connectivity index (χ4v) is 3.43. The molecule has 0 saturated carbocycles. The van der Waals surface area contributed by atoms with Crippen LogP contribution in [-0.2, 0) is 15.6 Å². The van der Waals surface area contributed by atoms with E-state index in [4.69, 9.17) is 16.7 Å². The second kappa shape index (κ2) is 5.35. The lowest BCUT2D eigenvalue weighted by molar-refractivity contribution is 0.366. The van der Waals surface area contributed by atoms with Crippen LogP contribution in [0.1, 0.15) is 20.8 Å². The van der Waals surface area contributed by atoms with Crippen molar-refractivity contribution in [3.05, 3.63) is 27.7 Å². The summed E-state index contributed by atoms with van der Waals surface area (Å²) in [6.45, 7) is 5.50. The summed E-state index contributed by atoms with van der Waals surface area (Å²) >= 11 is 9.54. The van der Waals surface area contributed by atoms with Gasteiger partial charge in [-0.2, -0.15) is 0 Å². The Morgan fingerprint density at radius 3 is 2.38 bits per heavy atom. The van der Waals surface area contributed by atoms with Gasteiger partial charge in [-0.25, -0.2) is 13.6 Å². The molecule has 0 saturated heterocycles. The molecule has 1 aromatic heterocycles. The summed E-state index contributed by atoms with van der Waals surface area (Å²) in [5.41, 5.74) is -0.00557. The van der Waals surface area contributed by atoms with E-state index in [1.807, 2.05) is 20.8 Å². The molecule has 1 heterocycles. The van der Waals surface area contributed by atoms with Crippen LogP contribution in [0, 0.1) is 0 Å². The van der Waals surface area contributed by atoms with E-state index in [0.717, 1.165) is 4.47 Å². The summed E-state index contributed by atoms with van der Waals surface area (Å²) in [7, 11) is -3.99. The lowest BCUT2D eigenvalue weighted by atomic mass is 10.1. The van der Waals surface area contributed by atoms with Crippen LogP contribution in [0.3, 0.4) is 0 Å². The Labute approximate surface area is 136 Å². The Morgan fingerprint density at radius 1 is 1.29 bits per heavy atom. The minimum atomic E-state index is -3.99. The van der Waals surface area contributed by atoms with Crippen LogP contribution in [0.5, 0.6) is 0 Å². The molecule has 2 N–H and O–H groups in total. The van der Waals surface area contributed by atoms with Crippen LogP contribution in [-0.4, -0.2) is 23.2 Å². The topological polar surface area (TPSA) is 90.9 Å². The molecule has 0 aliphatic heterocycles. The van der Waals surface area contributed by atoms with Crippen molar-refractivity contribution in [3.8, 4) is 11.4 Å². The first-order valence-corrected chi connectivity index (χ1v) is 8.67. The maximum Gasteiger partial charge on any atom is 0.273 e. The summed E-state index contributed by atoms with van der Waals surface area (Å²) in [4.78, 5) is 0. The highest BCUT2D eigenvalue weighted by molar-refractivity contribution is 9.10. The zero-order valence-electron chi connectivity index (χ0n) is 11.6. The van der Waals surface area contributed by atoms with E-state index in [1.165, 1.54) is 4.57 Å². The monoisotopic (exact) mass is 392 g/mol. The van der Waals surface area contributed by atoms with Gasteiger partial charge in [-0.15, -0.1) is 10.2 Å². The van der Waals surface area contributed by atoms with Crippen LogP contribution in [0.4, 0.5) is 0 Å². The SMILES string of the molecule is CC(C)(C)n1c(-c2ccc(Br)cc2Cl)nnc1S(N)(=O)=O. The van der Waals surface area contributed by atoms with Crippen molar-refractivity contribution in [2.75, 3.05) is 0 Å². The molecule has 0 unspecified atom stereocenters. The predicted molar refractivity (Wildman–Crippen MR) is 84.5 cm³/mol. The second-order valence-electron chi connectivity index (χ2n) is 5.48. The molecule has 21 heavy (non-hydrogen) atoms. The Balaban J connectivity index is 2.80. The normalized spacial score (nSPS) is 12.7. The van der Waals surface area contributed by atoms with Gasteiger partial charge in [0.1, 0.15) is 0 Å². The summed E-state index contributed by atoms with van der Waals surface area (Å²) < 4.78 is 25.7. The lowest BCUT2D eigenvalue weighted by Crippen LogP contribution is -2.29. The third-order valence-corrected chi connectivity index (χ3v) is 4.31. The predicted octanol–water partition coefficient (Wildman–Crippen LogP) is 2.76. The van der Waals surface area contributed by atoms with E-state index in [0.29, 0.717) is 16.4 Å². The minimum absolute atomic E-state index is 0.288. The zero-order valence-corrected chi connectivity index (χ0v) is 14.8. The molecule has 2 aromatic rings. The van der Waals surface area contributed by atoms with E-state index in [-0.39, 0.29) is 5.16 Å². The Hall–Kier alpha value is -0.960. The molecule has 2 rings (SSSR count). The van der Waals surface area contributed by atoms with Crippen molar-refractivity contribution in [1.82, 2.24) is 14.8 Å². The van der Waals surface area contributed by atoms with Crippen molar-refractivity contribution < 1.29 is 8.42 Å². The van der Waals surface area contributed by atoms with Crippen LogP contribution < -0.4 is 5.14 Å². The maximum atomic E-state index is 11.7. The number of hydrogen-bond donors (Lipinski definition) is 1. The van der Waals surface area contributed by atoms with Crippen molar-refractivity contribution in [1.29, 1.82) is 0 Å². The minimum Gasteiger partial charge on any atom is -0.291 e. The summed E-state index contributed by atoms with van der Waals surface area (Å²) in [5, 5.41) is 13.0. The van der Waals surface area contributed by atoms with Gasteiger partial charge in [0.2, 0.25) is 0 Å². The highest BCUT2D eigenvalue weighted by Gasteiger charge is 2.30. The van der Waals surface area contributed by atoms with Gasteiger partial charge in [0, 0.05) is 15.6 Å². The van der Waals surface area contributed by atoms with Crippen LogP contribution in [0.2, 0.25) is 5.02 Å². The molecule has 0 aliphatic carbocycles. The molecular formula is C12H14BrClN4O2S. The fraction of sp³-hybridized carbons (Fsp3) is 0.333. The fourth-order valence-electron chi connectivity index (χ4n) is 1.90. The molecule has 114 valence electrons. The maximum absolute atomic E-state index is 11.7. The smallest absolute Gasteiger partial charge is 0.273 e. The zero-order chi connectivity index (χ0) is 16.0. The van der Waals surface area contributed by atoms with E-state index < -0.39 is 15.6 Å². The van der Waals surface area contributed by atoms with E-state index >= 15 is 0 Å². The summed E-state index contributed by atoms with van der Waals surface area (Å²) in [6, 6.07) is 5.24. The second-order valence-corrected chi connectivity index (χ2v) is 8.26. The van der Waals surface area contributed by atoms with E-state index in [1.54, 1.807) is 18.2 Å². The number of nitrogens with two attached hydrogens (primary N) is 1. The Bertz CT molecular complexity index is 796. The molecule has 0 radical (unpaired) electrons. The molecule has 1 aromatic carbocycles. The number of hydrogen-bond acceptors (Lipinski definition) is 4. The standard InChI is InChI=1S/C12H14BrClN4O2S/c1-12(2,3)18-10(16-17-11(18)21(15,19)20)8-5-4-7(13)6-9(8)14/h4-6H,1-3H3,(H2,15,19,20). The van der Waals surface area contributed by atoms with Gasteiger partial charge in [-0.1, -0.05) is 27.5 Å². The van der Waals surface area contributed by atoms with Gasteiger partial charge < -0.3 is 0 Å². The highest BCUT2D eigenvalue weighted by atomic mass is 79.9. The van der Waals surface area contributed by atoms with Crippen LogP contribution in [0.15, 0.2) is 27.8 Å². The average molecular weight is 394 g/mol. The number of primary sulfonamides is 1. The first-order valence-electron chi connectivity index (χ1n) is 5.96. The van der Waals surface area contributed by atoms with Crippen LogP contribution >= 0.6 is 27.5 Å². The van der Waals surface area contributed by atoms with Gasteiger partial charge in [0.25, 0.3) is 15.2 Å². The number of aromatic nitrogens is 3. The summed E-state index contributed by atoms with van der Waals surface area (Å²) in [5.74, 6) is 0.351. The molecule has 0 aliphatic rings. The van der Waals surface area contributed by atoms with Gasteiger partial charge in [0.05, 0.1) is 5.02 Å². The van der Waals surface area contributed by atoms with E-state index in [2.05, 4.69) is 26.1 Å². The molecule has 0 bridgehead atoms. The number of halogens is 2. The number of nitrogens with zero attached hydrogens (tertiary/aromatic N) is 3. The van der Waals surface area contributed by atoms with Crippen molar-refractivity contribution in [2.45, 2.75) is 31.5 Å². The average Bonchev–Trinajstić information content (AvgIpc) is 2.72. The van der Waals surface area contributed by atoms with Gasteiger partial charge >= 0.3 is 0 Å². The van der Waals surface area contributed by atoms with Gasteiger partial charge in [-0.3, -0.25) is 4.57 Å². The summed E-state index contributed by atoms with van der Waals surface area (Å²) in [6.07, 6.45) is 0. The quantitative estimate of drug-likeness (QED) is 0.849. The van der Waals surface area contributed by atoms with Crippen molar-refractivity contribution in [3.63, 3.8) is 0 Å². The van der Waals surface area contributed by atoms with Crippen LogP contribution in [0.25, 0.3) is 11.4 Å². The number of rotatable bonds is 2. The molecular weight excluding hydrogens is 380 g/mol. The molecule has 0 fully saturated rings. The van der Waals surface area contributed by atoms with Gasteiger partial charge in [-0.05, 0) is 39.0 Å². The van der Waals surface area contributed by atoms with Gasteiger partial charge in [0.15, 0.2) is 5.82 Å². The highest BCUT2D eigenvalue weighted by Crippen LogP contribution is 2.33. The molecule has 0 amide bonds.